The number of rotatable bonds is 1. The van der Waals surface area contributed by atoms with Crippen molar-refractivity contribution in [3.8, 4) is 0 Å². The molecule has 0 amide bonds. The van der Waals surface area contributed by atoms with Gasteiger partial charge in [0, 0.05) is 0 Å². The maximum Gasteiger partial charge on any atom is 0.253 e. The van der Waals surface area contributed by atoms with E-state index in [4.69, 9.17) is 32.0 Å². The van der Waals surface area contributed by atoms with Crippen LogP contribution < -0.4 is 0 Å². The van der Waals surface area contributed by atoms with E-state index < -0.39 is 35.9 Å². The molecule has 0 aromatic heterocycles. The van der Waals surface area contributed by atoms with Gasteiger partial charge in [0.15, 0.2) is 12.4 Å². The smallest absolute Gasteiger partial charge is 0.253 e. The lowest BCUT2D eigenvalue weighted by molar-refractivity contribution is -0.273. The van der Waals surface area contributed by atoms with Crippen LogP contribution in [0.4, 0.5) is 0 Å². The number of carbonyl (C=O) groups is 1. The van der Waals surface area contributed by atoms with E-state index in [0.717, 1.165) is 0 Å². The fourth-order valence-corrected chi connectivity index (χ4v) is 1.23. The van der Waals surface area contributed by atoms with E-state index in [0.29, 0.717) is 0 Å². The third kappa shape index (κ3) is 1.98. The number of hydrogen-bond acceptors (Lipinski definition) is 6. The summed E-state index contributed by atoms with van der Waals surface area (Å²) in [4.78, 5) is 10.6. The first kappa shape index (κ1) is 10.8. The van der Waals surface area contributed by atoms with Crippen molar-refractivity contribution in [2.45, 2.75) is 30.7 Å². The van der Waals surface area contributed by atoms with Gasteiger partial charge >= 0.3 is 0 Å². The zero-order valence-corrected chi connectivity index (χ0v) is 7.13. The number of hydrogen-bond donors (Lipinski definition) is 4. The molecule has 1 aliphatic heterocycles. The summed E-state index contributed by atoms with van der Waals surface area (Å²) in [5.74, 6) is 0. The zero-order chi connectivity index (χ0) is 10.2. The molecule has 1 rings (SSSR count). The molecule has 0 aliphatic carbocycles. The van der Waals surface area contributed by atoms with Crippen molar-refractivity contribution in [2.24, 2.45) is 0 Å². The second kappa shape index (κ2) is 3.87. The van der Waals surface area contributed by atoms with E-state index in [9.17, 15) is 4.79 Å². The summed E-state index contributed by atoms with van der Waals surface area (Å²) in [5, 5.41) is 35.1. The fourth-order valence-electron chi connectivity index (χ4n) is 1.05. The molecule has 0 bridgehead atoms. The highest BCUT2D eigenvalue weighted by atomic mass is 35.5. The molecule has 0 spiro atoms. The fraction of sp³-hybridized carbons (Fsp3) is 0.833. The first-order chi connectivity index (χ1) is 5.95. The lowest BCUT2D eigenvalue weighted by Gasteiger charge is -2.36. The molecule has 1 heterocycles. The van der Waals surface area contributed by atoms with E-state index in [1.807, 2.05) is 0 Å². The predicted molar refractivity (Wildman–Crippen MR) is 39.8 cm³/mol. The average molecular weight is 213 g/mol. The van der Waals surface area contributed by atoms with Gasteiger partial charge in [-0.15, -0.1) is 0 Å². The van der Waals surface area contributed by atoms with Gasteiger partial charge in [0.2, 0.25) is 0 Å². The number of aliphatic hydroxyl groups is 4. The summed E-state index contributed by atoms with van der Waals surface area (Å²) >= 11 is 5.00. The summed E-state index contributed by atoms with van der Waals surface area (Å²) in [7, 11) is 0. The molecule has 4 N–H and O–H groups in total. The van der Waals surface area contributed by atoms with Gasteiger partial charge in [0.1, 0.15) is 18.3 Å². The van der Waals surface area contributed by atoms with Crippen LogP contribution in [-0.4, -0.2) is 56.4 Å². The lowest BCUT2D eigenvalue weighted by Crippen LogP contribution is -2.59. The van der Waals surface area contributed by atoms with Gasteiger partial charge in [-0.05, 0) is 11.6 Å². The Morgan fingerprint density at radius 3 is 2.08 bits per heavy atom. The monoisotopic (exact) mass is 212 g/mol. The van der Waals surface area contributed by atoms with Gasteiger partial charge in [-0.2, -0.15) is 0 Å². The Hall–Kier alpha value is -0.240. The van der Waals surface area contributed by atoms with Crippen LogP contribution in [0.5, 0.6) is 0 Å². The van der Waals surface area contributed by atoms with Crippen molar-refractivity contribution >= 4 is 16.8 Å². The minimum atomic E-state index is -1.73. The van der Waals surface area contributed by atoms with Crippen LogP contribution in [0.1, 0.15) is 0 Å². The summed E-state index contributed by atoms with van der Waals surface area (Å²) < 4.78 is 4.46. The van der Waals surface area contributed by atoms with E-state index in [2.05, 4.69) is 4.74 Å². The van der Waals surface area contributed by atoms with E-state index in [-0.39, 0.29) is 0 Å². The van der Waals surface area contributed by atoms with Gasteiger partial charge in [0.05, 0.1) is 0 Å². The Kier molecular flexibility index (Phi) is 3.23. The molecule has 13 heavy (non-hydrogen) atoms. The molecule has 1 aliphatic rings. The Morgan fingerprint density at radius 1 is 1.08 bits per heavy atom. The summed E-state index contributed by atoms with van der Waals surface area (Å²) in [6, 6.07) is 0. The van der Waals surface area contributed by atoms with Crippen molar-refractivity contribution < 1.29 is 30.0 Å². The number of aliphatic hydroxyl groups excluding tert-OH is 4. The van der Waals surface area contributed by atoms with Crippen molar-refractivity contribution in [1.82, 2.24) is 0 Å². The second-order valence-corrected chi connectivity index (χ2v) is 3.10. The van der Waals surface area contributed by atoms with Crippen molar-refractivity contribution in [3.05, 3.63) is 0 Å². The molecule has 0 aromatic rings. The zero-order valence-electron chi connectivity index (χ0n) is 6.37. The SMILES string of the molecule is O=C(Cl)C1O[C@@H](O)C(O)C(O)[C@@H]1O. The average Bonchev–Trinajstić information content (AvgIpc) is 2.07. The van der Waals surface area contributed by atoms with Crippen LogP contribution in [0.3, 0.4) is 0 Å². The van der Waals surface area contributed by atoms with Crippen molar-refractivity contribution in [3.63, 3.8) is 0 Å². The molecule has 76 valence electrons. The largest absolute Gasteiger partial charge is 0.387 e. The van der Waals surface area contributed by atoms with Gasteiger partial charge in [-0.1, -0.05) is 0 Å². The summed E-state index contributed by atoms with van der Waals surface area (Å²) in [6.07, 6.45) is -8.19. The van der Waals surface area contributed by atoms with E-state index >= 15 is 0 Å². The number of ether oxygens (including phenoxy) is 1. The number of halogens is 1. The van der Waals surface area contributed by atoms with Gasteiger partial charge < -0.3 is 25.2 Å². The lowest BCUT2D eigenvalue weighted by atomic mass is 10.00. The summed E-state index contributed by atoms with van der Waals surface area (Å²) in [5.41, 5.74) is 0. The third-order valence-electron chi connectivity index (χ3n) is 1.81. The van der Waals surface area contributed by atoms with Crippen LogP contribution in [-0.2, 0) is 9.53 Å². The van der Waals surface area contributed by atoms with Crippen LogP contribution in [0.15, 0.2) is 0 Å². The van der Waals surface area contributed by atoms with Gasteiger partial charge in [0.25, 0.3) is 5.24 Å². The maximum absolute atomic E-state index is 10.6. The Labute approximate surface area is 78.3 Å². The quantitative estimate of drug-likeness (QED) is 0.360. The van der Waals surface area contributed by atoms with Gasteiger partial charge in [-0.3, -0.25) is 4.79 Å². The predicted octanol–water partition coefficient (Wildman–Crippen LogP) is -2.45. The number of carbonyl (C=O) groups excluding carboxylic acids is 1. The first-order valence-corrected chi connectivity index (χ1v) is 3.90. The molecule has 0 saturated carbocycles. The highest BCUT2D eigenvalue weighted by molar-refractivity contribution is 6.64. The maximum atomic E-state index is 10.6. The molecule has 1 fully saturated rings. The van der Waals surface area contributed by atoms with Crippen LogP contribution in [0, 0.1) is 0 Å². The first-order valence-electron chi connectivity index (χ1n) is 3.52. The molecular formula is C6H9ClO6. The van der Waals surface area contributed by atoms with E-state index in [1.54, 1.807) is 0 Å². The second-order valence-electron chi connectivity index (χ2n) is 2.72. The van der Waals surface area contributed by atoms with Crippen LogP contribution >= 0.6 is 11.6 Å². The minimum Gasteiger partial charge on any atom is -0.387 e. The molecule has 6 nitrogen and oxygen atoms in total. The molecule has 3 unspecified atom stereocenters. The molecule has 0 radical (unpaired) electrons. The summed E-state index contributed by atoms with van der Waals surface area (Å²) in [6.45, 7) is 0. The minimum absolute atomic E-state index is 1.04. The highest BCUT2D eigenvalue weighted by Gasteiger charge is 2.45. The Morgan fingerprint density at radius 2 is 1.62 bits per heavy atom. The molecule has 5 atom stereocenters. The van der Waals surface area contributed by atoms with Crippen molar-refractivity contribution in [2.75, 3.05) is 0 Å². The highest BCUT2D eigenvalue weighted by Crippen LogP contribution is 2.21. The molecule has 1 saturated heterocycles. The normalized spacial score (nSPS) is 46.1. The van der Waals surface area contributed by atoms with Crippen molar-refractivity contribution in [1.29, 1.82) is 0 Å². The molecular weight excluding hydrogens is 204 g/mol. The third-order valence-corrected chi connectivity index (χ3v) is 2.03. The standard InChI is InChI=1S/C6H9ClO6/c7-5(11)4-2(9)1(8)3(10)6(12)13-4/h1-4,6,8-10,12H/t1?,2-,3?,4?,6+/m0/s1. The molecule has 0 aromatic carbocycles. The van der Waals surface area contributed by atoms with Gasteiger partial charge in [-0.25, -0.2) is 0 Å². The van der Waals surface area contributed by atoms with E-state index in [1.165, 1.54) is 0 Å². The van der Waals surface area contributed by atoms with Crippen LogP contribution in [0.2, 0.25) is 0 Å². The topological polar surface area (TPSA) is 107 Å². The molecule has 7 heteroatoms. The Balaban J connectivity index is 2.76. The van der Waals surface area contributed by atoms with Crippen LogP contribution in [0.25, 0.3) is 0 Å². The Bertz CT molecular complexity index is 209.